The van der Waals surface area contributed by atoms with Crippen LogP contribution in [0.1, 0.15) is 12.6 Å². The first kappa shape index (κ1) is 17.4. The molecule has 28 heavy (non-hydrogen) atoms. The molecule has 0 saturated carbocycles. The molecule has 0 spiro atoms. The van der Waals surface area contributed by atoms with Crippen LogP contribution < -0.4 is 5.32 Å². The van der Waals surface area contributed by atoms with Gasteiger partial charge in [-0.15, -0.1) is 0 Å². The largest absolute Gasteiger partial charge is 0.362 e. The number of hydrogen-bond acceptors (Lipinski definition) is 4. The highest BCUT2D eigenvalue weighted by atomic mass is 16.1. The fourth-order valence-electron chi connectivity index (χ4n) is 3.05. The van der Waals surface area contributed by atoms with Crippen molar-refractivity contribution in [1.29, 1.82) is 0 Å². The number of aromatic nitrogens is 4. The van der Waals surface area contributed by atoms with Gasteiger partial charge in [-0.2, -0.15) is 0 Å². The third-order valence-electron chi connectivity index (χ3n) is 4.25. The topological polar surface area (TPSA) is 76.5 Å². The highest BCUT2D eigenvalue weighted by Crippen LogP contribution is 2.32. The van der Waals surface area contributed by atoms with Crippen LogP contribution in [-0.2, 0) is 4.79 Å². The van der Waals surface area contributed by atoms with E-state index in [0.717, 1.165) is 22.5 Å². The summed E-state index contributed by atoms with van der Waals surface area (Å²) in [6, 6.07) is 11.4. The van der Waals surface area contributed by atoms with E-state index in [1.165, 1.54) is 6.92 Å². The average Bonchev–Trinajstić information content (AvgIpc) is 3.09. The fraction of sp³-hybridized carbons (Fsp3) is 0.0952. The monoisotopic (exact) mass is 368 g/mol. The predicted octanol–water partition coefficient (Wildman–Crippen LogP) is 4.28. The van der Waals surface area contributed by atoms with Crippen LogP contribution in [0.2, 0.25) is 0 Å². The second kappa shape index (κ2) is 6.93. The number of nitrogens with one attached hydrogen (secondary N) is 1. The van der Waals surface area contributed by atoms with E-state index < -0.39 is 0 Å². The van der Waals surface area contributed by atoms with Crippen molar-refractivity contribution in [1.82, 2.24) is 19.4 Å². The Kier molecular flexibility index (Phi) is 4.30. The summed E-state index contributed by atoms with van der Waals surface area (Å²) < 4.78 is 1.74. The molecule has 0 aliphatic carbocycles. The Morgan fingerprint density at radius 2 is 2.04 bits per heavy atom. The number of imidazole rings is 1. The average molecular weight is 368 g/mol. The van der Waals surface area contributed by atoms with Crippen molar-refractivity contribution in [3.8, 4) is 22.5 Å². The molecule has 0 aliphatic heterocycles. The molecule has 0 unspecified atom stereocenters. The number of anilines is 1. The van der Waals surface area contributed by atoms with Crippen LogP contribution in [0.5, 0.6) is 0 Å². The van der Waals surface area contributed by atoms with Crippen molar-refractivity contribution in [2.45, 2.75) is 13.8 Å². The van der Waals surface area contributed by atoms with Gasteiger partial charge in [-0.1, -0.05) is 12.6 Å². The minimum atomic E-state index is -0.172. The van der Waals surface area contributed by atoms with Gasteiger partial charge in [-0.3, -0.25) is 14.8 Å². The number of rotatable bonds is 3. The summed E-state index contributed by atoms with van der Waals surface area (Å²) in [5, 5.41) is 2.77. The summed E-state index contributed by atoms with van der Waals surface area (Å²) >= 11 is 0. The Bertz CT molecular complexity index is 1250. The van der Waals surface area contributed by atoms with Gasteiger partial charge in [0.1, 0.15) is 0 Å². The highest BCUT2D eigenvalue weighted by Gasteiger charge is 2.15. The SMILES string of the molecule is [C-]#[N+]c1cnc2ccc(-c3cc(NC(C)=O)cnc3-c3cccc(C)n3)cn12. The Hall–Kier alpha value is -4.05. The first-order valence-corrected chi connectivity index (χ1v) is 8.62. The number of carbonyl (C=O) groups is 1. The Morgan fingerprint density at radius 3 is 2.79 bits per heavy atom. The van der Waals surface area contributed by atoms with E-state index >= 15 is 0 Å². The van der Waals surface area contributed by atoms with Crippen LogP contribution in [0.15, 0.2) is 55.0 Å². The number of aryl methyl sites for hydroxylation is 1. The lowest BCUT2D eigenvalue weighted by Gasteiger charge is -2.11. The van der Waals surface area contributed by atoms with Crippen molar-refractivity contribution in [2.24, 2.45) is 0 Å². The van der Waals surface area contributed by atoms with Crippen LogP contribution >= 0.6 is 0 Å². The van der Waals surface area contributed by atoms with Gasteiger partial charge in [-0.05, 0) is 31.2 Å². The van der Waals surface area contributed by atoms with Crippen molar-refractivity contribution in [3.05, 3.63) is 72.1 Å². The van der Waals surface area contributed by atoms with Crippen LogP contribution in [0, 0.1) is 13.5 Å². The molecule has 0 saturated heterocycles. The number of hydrogen-bond donors (Lipinski definition) is 1. The van der Waals surface area contributed by atoms with Crippen LogP contribution in [-0.4, -0.2) is 25.3 Å². The second-order valence-electron chi connectivity index (χ2n) is 6.34. The predicted molar refractivity (Wildman–Crippen MR) is 107 cm³/mol. The quantitative estimate of drug-likeness (QED) is 0.548. The molecule has 0 atom stereocenters. The molecule has 1 amide bonds. The first-order chi connectivity index (χ1) is 13.5. The standard InChI is InChI=1S/C21H16N6O/c1-13-5-4-6-18(25-13)21-17(9-16(10-24-21)26-14(2)28)15-7-8-19-23-11-20(22-3)27(19)12-15/h4-12H,1-2H3,(H,26,28). The highest BCUT2D eigenvalue weighted by molar-refractivity contribution is 5.91. The van der Waals surface area contributed by atoms with Crippen LogP contribution in [0.25, 0.3) is 33.0 Å². The van der Waals surface area contributed by atoms with Crippen molar-refractivity contribution in [2.75, 3.05) is 5.32 Å². The Labute approximate surface area is 161 Å². The molecule has 4 heterocycles. The second-order valence-corrected chi connectivity index (χ2v) is 6.34. The van der Waals surface area contributed by atoms with Crippen LogP contribution in [0.4, 0.5) is 11.5 Å². The summed E-state index contributed by atoms with van der Waals surface area (Å²) in [7, 11) is 0. The van der Waals surface area contributed by atoms with E-state index in [1.807, 2.05) is 49.5 Å². The molecular weight excluding hydrogens is 352 g/mol. The molecule has 0 radical (unpaired) electrons. The number of amides is 1. The Morgan fingerprint density at radius 1 is 1.18 bits per heavy atom. The lowest BCUT2D eigenvalue weighted by atomic mass is 10.0. The summed E-state index contributed by atoms with van der Waals surface area (Å²) in [5.74, 6) is 0.257. The van der Waals surface area contributed by atoms with E-state index in [-0.39, 0.29) is 5.91 Å². The lowest BCUT2D eigenvalue weighted by Crippen LogP contribution is -2.07. The van der Waals surface area contributed by atoms with E-state index in [0.29, 0.717) is 22.8 Å². The molecule has 7 heteroatoms. The van der Waals surface area contributed by atoms with Gasteiger partial charge in [0, 0.05) is 29.8 Å². The van der Waals surface area contributed by atoms with Crippen LogP contribution in [0.3, 0.4) is 0 Å². The molecule has 7 nitrogen and oxygen atoms in total. The van der Waals surface area contributed by atoms with Crippen molar-refractivity contribution < 1.29 is 4.79 Å². The third-order valence-corrected chi connectivity index (χ3v) is 4.25. The number of nitrogens with zero attached hydrogens (tertiary/aromatic N) is 5. The number of carbonyl (C=O) groups excluding carboxylic acids is 1. The smallest absolute Gasteiger partial charge is 0.254 e. The summed E-state index contributed by atoms with van der Waals surface area (Å²) in [4.78, 5) is 28.4. The first-order valence-electron chi connectivity index (χ1n) is 8.62. The van der Waals surface area contributed by atoms with Gasteiger partial charge >= 0.3 is 0 Å². The third kappa shape index (κ3) is 3.19. The zero-order valence-electron chi connectivity index (χ0n) is 15.3. The number of fused-ring (bicyclic) bond motifs is 1. The normalized spacial score (nSPS) is 10.6. The maximum absolute atomic E-state index is 11.5. The van der Waals surface area contributed by atoms with Gasteiger partial charge < -0.3 is 10.2 Å². The lowest BCUT2D eigenvalue weighted by molar-refractivity contribution is -0.114. The zero-order chi connectivity index (χ0) is 19.7. The Balaban J connectivity index is 1.94. The van der Waals surface area contributed by atoms with Gasteiger partial charge in [0.05, 0.1) is 35.7 Å². The molecule has 0 bridgehead atoms. The molecular formula is C21H16N6O. The van der Waals surface area contributed by atoms with Gasteiger partial charge in [-0.25, -0.2) is 9.38 Å². The van der Waals surface area contributed by atoms with Gasteiger partial charge in [0.2, 0.25) is 11.6 Å². The minimum Gasteiger partial charge on any atom is -0.362 e. The molecule has 1 N–H and O–H groups in total. The molecule has 0 aliphatic rings. The maximum Gasteiger partial charge on any atom is 0.254 e. The minimum absolute atomic E-state index is 0.172. The number of pyridine rings is 3. The van der Waals surface area contributed by atoms with Crippen molar-refractivity contribution >= 4 is 23.1 Å². The van der Waals surface area contributed by atoms with E-state index in [1.54, 1.807) is 16.8 Å². The van der Waals surface area contributed by atoms with E-state index in [9.17, 15) is 4.79 Å². The molecule has 0 aromatic carbocycles. The van der Waals surface area contributed by atoms with E-state index in [2.05, 4.69) is 25.1 Å². The molecule has 4 aromatic heterocycles. The van der Waals surface area contributed by atoms with E-state index in [4.69, 9.17) is 6.57 Å². The van der Waals surface area contributed by atoms with Crippen molar-refractivity contribution in [3.63, 3.8) is 0 Å². The molecule has 0 fully saturated rings. The summed E-state index contributed by atoms with van der Waals surface area (Å²) in [6.07, 6.45) is 5.01. The summed E-state index contributed by atoms with van der Waals surface area (Å²) in [6.45, 7) is 10.7. The maximum atomic E-state index is 11.5. The summed E-state index contributed by atoms with van der Waals surface area (Å²) in [5.41, 5.74) is 5.24. The molecule has 136 valence electrons. The van der Waals surface area contributed by atoms with Gasteiger partial charge in [0.15, 0.2) is 0 Å². The molecule has 4 rings (SSSR count). The fourth-order valence-corrected chi connectivity index (χ4v) is 3.05. The van der Waals surface area contributed by atoms with Gasteiger partial charge in [0.25, 0.3) is 5.82 Å². The molecule has 4 aromatic rings. The zero-order valence-corrected chi connectivity index (χ0v) is 15.3.